The van der Waals surface area contributed by atoms with Crippen LogP contribution in [-0.2, 0) is 35.3 Å². The normalized spacial score (nSPS) is 31.2. The largest absolute Gasteiger partial charge is 0.455 e. The number of fused-ring (bicyclic) bond motifs is 3. The number of hydrogen-bond donors (Lipinski definition) is 1. The van der Waals surface area contributed by atoms with E-state index in [0.29, 0.717) is 33.9 Å². The van der Waals surface area contributed by atoms with Gasteiger partial charge in [-0.3, -0.25) is 19.2 Å². The summed E-state index contributed by atoms with van der Waals surface area (Å²) < 4.78 is 15.1. The maximum Gasteiger partial charge on any atom is 0.313 e. The maximum atomic E-state index is 15.1. The molecule has 1 spiro atoms. The highest BCUT2D eigenvalue weighted by atomic mass is 79.9. The molecule has 14 heteroatoms. The van der Waals surface area contributed by atoms with E-state index in [-0.39, 0.29) is 32.1 Å². The average molecular weight is 762 g/mol. The van der Waals surface area contributed by atoms with Crippen LogP contribution in [0.25, 0.3) is 11.0 Å². The predicted molar refractivity (Wildman–Crippen MR) is 189 cm³/mol. The number of benzene rings is 2. The summed E-state index contributed by atoms with van der Waals surface area (Å²) in [6.45, 7) is 3.40. The van der Waals surface area contributed by atoms with Gasteiger partial charge < -0.3 is 29.3 Å². The van der Waals surface area contributed by atoms with Gasteiger partial charge in [0.1, 0.15) is 42.0 Å². The number of esters is 1. The van der Waals surface area contributed by atoms with Crippen molar-refractivity contribution in [3.8, 4) is 0 Å². The van der Waals surface area contributed by atoms with Crippen molar-refractivity contribution in [3.63, 3.8) is 0 Å². The second-order valence-corrected chi connectivity index (χ2v) is 14.5. The third-order valence-corrected chi connectivity index (χ3v) is 11.5. The first-order chi connectivity index (χ1) is 24.6. The summed E-state index contributed by atoms with van der Waals surface area (Å²) in [7, 11) is 1.69. The molecule has 1 aromatic heterocycles. The number of nitrogens with zero attached hydrogens (tertiary/aromatic N) is 6. The third kappa shape index (κ3) is 5.86. The number of cyclic esters (lactones) is 1. The zero-order valence-electron chi connectivity index (χ0n) is 28.7. The molecule has 2 aromatic carbocycles. The van der Waals surface area contributed by atoms with Crippen molar-refractivity contribution in [1.82, 2.24) is 29.7 Å². The molecule has 5 heterocycles. The van der Waals surface area contributed by atoms with Crippen LogP contribution in [0.4, 0.5) is 0 Å². The van der Waals surface area contributed by atoms with Crippen LogP contribution in [0, 0.1) is 11.8 Å². The lowest BCUT2D eigenvalue weighted by Gasteiger charge is -2.38. The van der Waals surface area contributed by atoms with Gasteiger partial charge in [0.15, 0.2) is 0 Å². The molecule has 51 heavy (non-hydrogen) atoms. The van der Waals surface area contributed by atoms with Crippen molar-refractivity contribution < 1.29 is 33.8 Å². The smallest absolute Gasteiger partial charge is 0.313 e. The summed E-state index contributed by atoms with van der Waals surface area (Å²) >= 11 is 3.61. The van der Waals surface area contributed by atoms with Crippen LogP contribution in [0.2, 0.25) is 0 Å². The Morgan fingerprint density at radius 2 is 1.76 bits per heavy atom. The highest BCUT2D eigenvalue weighted by Gasteiger charge is 2.75. The second kappa shape index (κ2) is 14.0. The number of likely N-dealkylation sites (N-methyl/N-ethyl adjacent to an activating group) is 1. The lowest BCUT2D eigenvalue weighted by atomic mass is 9.74. The van der Waals surface area contributed by atoms with E-state index in [1.807, 2.05) is 80.6 Å². The van der Waals surface area contributed by atoms with Crippen molar-refractivity contribution in [2.45, 2.75) is 75.7 Å². The van der Waals surface area contributed by atoms with Crippen molar-refractivity contribution >= 4 is 50.7 Å². The molecule has 5 bridgehead atoms. The van der Waals surface area contributed by atoms with Crippen LogP contribution in [0.3, 0.4) is 0 Å². The topological polar surface area (TPSA) is 147 Å². The monoisotopic (exact) mass is 760 g/mol. The Morgan fingerprint density at radius 3 is 2.51 bits per heavy atom. The lowest BCUT2D eigenvalue weighted by Crippen LogP contribution is -2.58. The Kier molecular flexibility index (Phi) is 9.59. The Labute approximate surface area is 304 Å². The lowest BCUT2D eigenvalue weighted by molar-refractivity contribution is -0.164. The molecular formula is C37H41BrN6O7. The first-order valence-corrected chi connectivity index (χ1v) is 18.1. The van der Waals surface area contributed by atoms with E-state index < -0.39 is 65.6 Å². The van der Waals surface area contributed by atoms with Gasteiger partial charge in [-0.2, -0.15) is 0 Å². The van der Waals surface area contributed by atoms with E-state index >= 15 is 4.79 Å². The van der Waals surface area contributed by atoms with Crippen LogP contribution >= 0.6 is 15.9 Å². The molecule has 7 rings (SSSR count). The number of carbonyl (C=O) groups is 4. The molecule has 3 amide bonds. The number of carbonyl (C=O) groups excluding carboxylic acids is 4. The van der Waals surface area contributed by atoms with E-state index in [1.165, 1.54) is 4.90 Å². The third-order valence-electron chi connectivity index (χ3n) is 10.8. The fourth-order valence-electron chi connectivity index (χ4n) is 8.01. The number of amides is 3. The van der Waals surface area contributed by atoms with E-state index in [4.69, 9.17) is 9.47 Å². The van der Waals surface area contributed by atoms with Crippen LogP contribution in [0.1, 0.15) is 44.8 Å². The minimum Gasteiger partial charge on any atom is -0.455 e. The first kappa shape index (κ1) is 35.0. The number of halogens is 1. The molecule has 4 aliphatic rings. The highest BCUT2D eigenvalue weighted by molar-refractivity contribution is 9.11. The Morgan fingerprint density at radius 1 is 1.02 bits per heavy atom. The molecule has 0 radical (unpaired) electrons. The number of allylic oxidation sites excluding steroid dienone is 1. The Hall–Kier alpha value is -4.40. The van der Waals surface area contributed by atoms with Gasteiger partial charge >= 0.3 is 5.97 Å². The van der Waals surface area contributed by atoms with Gasteiger partial charge in [-0.25, -0.2) is 4.68 Å². The fraction of sp³-hybridized carbons (Fsp3) is 0.459. The van der Waals surface area contributed by atoms with Crippen LogP contribution < -0.4 is 0 Å². The number of ether oxygens (including phenoxy) is 2. The fourth-order valence-corrected chi connectivity index (χ4v) is 8.75. The number of hydrogen-bond acceptors (Lipinski definition) is 9. The molecule has 13 nitrogen and oxygen atoms in total. The summed E-state index contributed by atoms with van der Waals surface area (Å²) in [6, 6.07) is 14.1. The van der Waals surface area contributed by atoms with Gasteiger partial charge in [0, 0.05) is 24.5 Å². The van der Waals surface area contributed by atoms with E-state index in [9.17, 15) is 19.5 Å². The number of aliphatic hydroxyl groups excluding tert-OH is 1. The quantitative estimate of drug-likeness (QED) is 0.295. The summed E-state index contributed by atoms with van der Waals surface area (Å²) in [5.41, 5.74) is 0.545. The SMILES string of the molecule is CC[C@@H](CO)N1C(=O)[C@@H]2[C@H]3C(=O)O[C@@H](c4ccccc4)[C@H](C)N(C)C(=O)CC/C=C\CN(Cn4nnc5ccccc54)C(=O)[C@@H]1[C@]21C=C(Br)[C@H]3O1. The Balaban J connectivity index is 1.35. The average Bonchev–Trinajstić information content (AvgIpc) is 3.86. The number of para-hydroxylation sites is 1. The molecule has 0 aliphatic carbocycles. The second-order valence-electron chi connectivity index (χ2n) is 13.6. The van der Waals surface area contributed by atoms with Crippen molar-refractivity contribution in [2.24, 2.45) is 11.8 Å². The van der Waals surface area contributed by atoms with Crippen LogP contribution in [0.15, 0.2) is 77.3 Å². The van der Waals surface area contributed by atoms with Gasteiger partial charge in [0.25, 0.3) is 5.91 Å². The number of aromatic nitrogens is 3. The molecular weight excluding hydrogens is 720 g/mol. The molecule has 0 unspecified atom stereocenters. The molecule has 0 saturated carbocycles. The molecule has 2 saturated heterocycles. The molecule has 3 aromatic rings. The summed E-state index contributed by atoms with van der Waals surface area (Å²) in [6.07, 6.45) is 4.67. The number of likely N-dealkylation sites (tertiary alicyclic amines) is 1. The van der Waals surface area contributed by atoms with E-state index in [0.717, 1.165) is 0 Å². The van der Waals surface area contributed by atoms with Crippen molar-refractivity contribution in [3.05, 3.63) is 82.9 Å². The zero-order chi connectivity index (χ0) is 36.0. The maximum absolute atomic E-state index is 15.1. The zero-order valence-corrected chi connectivity index (χ0v) is 30.3. The minimum atomic E-state index is -1.52. The molecule has 268 valence electrons. The van der Waals surface area contributed by atoms with Crippen LogP contribution in [0.5, 0.6) is 0 Å². The standard InChI is InChI=1S/C37H41BrN6O7/c1-4-24(20-45)44-33-35(48)42(21-43-27-16-11-10-15-26(27)39-40-43)18-12-6-9-17-28(46)41(3)22(2)31(23-13-7-5-8-14-23)50-36(49)29-30(34(44)47)37(33)19-25(38)32(29)51-37/h5-8,10-16,19,22,24,29-33,45H,4,9,17-18,20-21H2,1-3H3/b12-6-/t22-,24-,29+,30-,31+,32+,33+,37-/m0/s1. The van der Waals surface area contributed by atoms with E-state index in [1.54, 1.807) is 27.6 Å². The molecule has 4 aliphatic heterocycles. The highest BCUT2D eigenvalue weighted by Crippen LogP contribution is 2.59. The summed E-state index contributed by atoms with van der Waals surface area (Å²) in [4.78, 5) is 62.3. The molecule has 2 fully saturated rings. The summed E-state index contributed by atoms with van der Waals surface area (Å²) in [5.74, 6) is -3.91. The number of rotatable bonds is 6. The number of aliphatic hydroxyl groups is 1. The van der Waals surface area contributed by atoms with Gasteiger partial charge in [-0.1, -0.05) is 82.7 Å². The van der Waals surface area contributed by atoms with E-state index in [2.05, 4.69) is 26.2 Å². The molecule has 8 atom stereocenters. The van der Waals surface area contributed by atoms with Gasteiger partial charge in [0.05, 0.1) is 30.1 Å². The Bertz CT molecular complexity index is 1900. The predicted octanol–water partition coefficient (Wildman–Crippen LogP) is 3.34. The van der Waals surface area contributed by atoms with Gasteiger partial charge in [0.2, 0.25) is 11.8 Å². The van der Waals surface area contributed by atoms with Crippen molar-refractivity contribution in [2.75, 3.05) is 20.2 Å². The van der Waals surface area contributed by atoms with Gasteiger partial charge in [-0.15, -0.1) is 5.10 Å². The first-order valence-electron chi connectivity index (χ1n) is 17.3. The minimum absolute atomic E-state index is 0.00337. The van der Waals surface area contributed by atoms with Gasteiger partial charge in [-0.05, 0) is 43.5 Å². The van der Waals surface area contributed by atoms with Crippen molar-refractivity contribution in [1.29, 1.82) is 0 Å². The molecule has 1 N–H and O–H groups in total. The summed E-state index contributed by atoms with van der Waals surface area (Å²) in [5, 5.41) is 19.1. The van der Waals surface area contributed by atoms with Crippen LogP contribution in [-0.4, -0.2) is 109 Å².